The van der Waals surface area contributed by atoms with Crippen molar-refractivity contribution in [2.75, 3.05) is 38.0 Å². The van der Waals surface area contributed by atoms with Crippen LogP contribution >= 0.6 is 11.6 Å². The zero-order valence-electron chi connectivity index (χ0n) is 13.7. The number of hydrogen-bond acceptors (Lipinski definition) is 6. The van der Waals surface area contributed by atoms with E-state index in [1.807, 2.05) is 26.0 Å². The number of methoxy groups -OCH3 is 2. The van der Waals surface area contributed by atoms with E-state index in [1.165, 1.54) is 0 Å². The molecule has 6 nitrogen and oxygen atoms in total. The zero-order chi connectivity index (χ0) is 16.8. The second-order valence-electron chi connectivity index (χ2n) is 5.06. The third kappa shape index (κ3) is 4.71. The molecule has 7 heteroatoms. The second kappa shape index (κ2) is 7.99. The fraction of sp³-hybridized carbons (Fsp3) is 0.375. The van der Waals surface area contributed by atoms with E-state index >= 15 is 0 Å². The van der Waals surface area contributed by atoms with Crippen molar-refractivity contribution in [3.8, 4) is 5.75 Å². The highest BCUT2D eigenvalue weighted by Gasteiger charge is 2.09. The normalized spacial score (nSPS) is 10.5. The fourth-order valence-corrected chi connectivity index (χ4v) is 2.20. The Morgan fingerprint density at radius 2 is 1.91 bits per heavy atom. The van der Waals surface area contributed by atoms with E-state index in [9.17, 15) is 0 Å². The van der Waals surface area contributed by atoms with Gasteiger partial charge in [0.25, 0.3) is 0 Å². The van der Waals surface area contributed by atoms with E-state index in [1.54, 1.807) is 20.3 Å². The standard InChI is InChI=1S/C16H21ClN4O2/c1-10-7-13(14(23-4)9-12(10)17)20-15-8-11(2)19-16(21-15)18-5-6-22-3/h7-9H,5-6H2,1-4H3,(H2,18,19,20,21). The monoisotopic (exact) mass is 336 g/mol. The number of halogens is 1. The summed E-state index contributed by atoms with van der Waals surface area (Å²) in [6.07, 6.45) is 0. The van der Waals surface area contributed by atoms with E-state index in [0.717, 1.165) is 16.9 Å². The first-order chi connectivity index (χ1) is 11.0. The maximum absolute atomic E-state index is 6.13. The molecule has 0 amide bonds. The fourth-order valence-electron chi connectivity index (χ4n) is 2.04. The Bertz CT molecular complexity index is 679. The average Bonchev–Trinajstić information content (AvgIpc) is 2.50. The highest BCUT2D eigenvalue weighted by molar-refractivity contribution is 6.31. The van der Waals surface area contributed by atoms with Crippen LogP contribution < -0.4 is 15.4 Å². The molecule has 0 aliphatic rings. The summed E-state index contributed by atoms with van der Waals surface area (Å²) >= 11 is 6.13. The molecule has 1 aromatic carbocycles. The molecule has 1 heterocycles. The van der Waals surface area contributed by atoms with Gasteiger partial charge in [0.15, 0.2) is 0 Å². The summed E-state index contributed by atoms with van der Waals surface area (Å²) < 4.78 is 10.4. The van der Waals surface area contributed by atoms with Crippen LogP contribution in [0.25, 0.3) is 0 Å². The SMILES string of the molecule is COCCNc1nc(C)cc(Nc2cc(C)c(Cl)cc2OC)n1. The summed E-state index contributed by atoms with van der Waals surface area (Å²) in [6, 6.07) is 5.58. The van der Waals surface area contributed by atoms with Gasteiger partial charge in [-0.1, -0.05) is 11.6 Å². The topological polar surface area (TPSA) is 68.3 Å². The summed E-state index contributed by atoms with van der Waals surface area (Å²) in [5.41, 5.74) is 2.61. The Labute approximate surface area is 141 Å². The Morgan fingerprint density at radius 1 is 1.13 bits per heavy atom. The first kappa shape index (κ1) is 17.3. The first-order valence-electron chi connectivity index (χ1n) is 7.23. The molecule has 0 aliphatic carbocycles. The van der Waals surface area contributed by atoms with Crippen molar-refractivity contribution in [3.63, 3.8) is 0 Å². The Kier molecular flexibility index (Phi) is 6.01. The Morgan fingerprint density at radius 3 is 2.61 bits per heavy atom. The lowest BCUT2D eigenvalue weighted by Gasteiger charge is -2.14. The van der Waals surface area contributed by atoms with Gasteiger partial charge in [-0.15, -0.1) is 0 Å². The summed E-state index contributed by atoms with van der Waals surface area (Å²) in [5, 5.41) is 7.04. The molecule has 0 atom stereocenters. The molecule has 0 aliphatic heterocycles. The lowest BCUT2D eigenvalue weighted by Crippen LogP contribution is -2.11. The van der Waals surface area contributed by atoms with Crippen molar-refractivity contribution in [2.45, 2.75) is 13.8 Å². The van der Waals surface area contributed by atoms with Gasteiger partial charge in [-0.25, -0.2) is 4.98 Å². The van der Waals surface area contributed by atoms with Gasteiger partial charge in [-0.3, -0.25) is 0 Å². The number of nitrogens with zero attached hydrogens (tertiary/aromatic N) is 2. The summed E-state index contributed by atoms with van der Waals surface area (Å²) in [4.78, 5) is 8.80. The molecule has 2 aromatic rings. The number of benzene rings is 1. The predicted octanol–water partition coefficient (Wildman–Crippen LogP) is 3.56. The third-order valence-electron chi connectivity index (χ3n) is 3.19. The molecular formula is C16H21ClN4O2. The number of ether oxygens (including phenoxy) is 2. The maximum atomic E-state index is 6.13. The molecule has 0 radical (unpaired) electrons. The smallest absolute Gasteiger partial charge is 0.224 e. The van der Waals surface area contributed by atoms with Crippen molar-refractivity contribution in [1.29, 1.82) is 0 Å². The van der Waals surface area contributed by atoms with Gasteiger partial charge in [0.1, 0.15) is 11.6 Å². The van der Waals surface area contributed by atoms with Crippen molar-refractivity contribution in [1.82, 2.24) is 9.97 Å². The number of rotatable bonds is 7. The minimum atomic E-state index is 0.550. The molecule has 0 bridgehead atoms. The average molecular weight is 337 g/mol. The predicted molar refractivity (Wildman–Crippen MR) is 93.2 cm³/mol. The first-order valence-corrected chi connectivity index (χ1v) is 7.61. The van der Waals surface area contributed by atoms with Crippen molar-refractivity contribution >= 4 is 29.1 Å². The molecular weight excluding hydrogens is 316 g/mol. The van der Waals surface area contributed by atoms with Crippen LogP contribution in [0, 0.1) is 13.8 Å². The van der Waals surface area contributed by atoms with E-state index in [2.05, 4.69) is 20.6 Å². The van der Waals surface area contributed by atoms with E-state index in [0.29, 0.717) is 35.7 Å². The highest BCUT2D eigenvalue weighted by Crippen LogP contribution is 2.32. The number of anilines is 3. The molecule has 2 rings (SSSR count). The Balaban J connectivity index is 2.24. The van der Waals surface area contributed by atoms with Gasteiger partial charge in [-0.2, -0.15) is 4.98 Å². The van der Waals surface area contributed by atoms with Crippen LogP contribution in [0.2, 0.25) is 5.02 Å². The van der Waals surface area contributed by atoms with Crippen molar-refractivity contribution in [3.05, 3.63) is 34.5 Å². The molecule has 1 aromatic heterocycles. The molecule has 0 saturated heterocycles. The van der Waals surface area contributed by atoms with Crippen LogP contribution in [0.3, 0.4) is 0 Å². The lowest BCUT2D eigenvalue weighted by molar-refractivity contribution is 0.210. The number of aromatic nitrogens is 2. The van der Waals surface area contributed by atoms with Crippen molar-refractivity contribution < 1.29 is 9.47 Å². The van der Waals surface area contributed by atoms with Gasteiger partial charge < -0.3 is 20.1 Å². The van der Waals surface area contributed by atoms with Gasteiger partial charge in [0, 0.05) is 36.5 Å². The summed E-state index contributed by atoms with van der Waals surface area (Å²) in [6.45, 7) is 5.08. The summed E-state index contributed by atoms with van der Waals surface area (Å²) in [7, 11) is 3.26. The number of hydrogen-bond donors (Lipinski definition) is 2. The van der Waals surface area contributed by atoms with E-state index in [-0.39, 0.29) is 0 Å². The largest absolute Gasteiger partial charge is 0.495 e. The molecule has 124 valence electrons. The molecule has 0 fully saturated rings. The zero-order valence-corrected chi connectivity index (χ0v) is 14.5. The van der Waals surface area contributed by atoms with Crippen LogP contribution in [0.1, 0.15) is 11.3 Å². The minimum absolute atomic E-state index is 0.550. The van der Waals surface area contributed by atoms with Crippen LogP contribution in [0.15, 0.2) is 18.2 Å². The molecule has 0 saturated carbocycles. The number of aryl methyl sites for hydroxylation is 2. The van der Waals surface area contributed by atoms with Crippen LogP contribution in [0.5, 0.6) is 5.75 Å². The molecule has 0 spiro atoms. The van der Waals surface area contributed by atoms with Gasteiger partial charge in [0.2, 0.25) is 5.95 Å². The minimum Gasteiger partial charge on any atom is -0.495 e. The van der Waals surface area contributed by atoms with Crippen LogP contribution in [-0.4, -0.2) is 37.3 Å². The maximum Gasteiger partial charge on any atom is 0.224 e. The van der Waals surface area contributed by atoms with Crippen molar-refractivity contribution in [2.24, 2.45) is 0 Å². The lowest BCUT2D eigenvalue weighted by atomic mass is 10.2. The second-order valence-corrected chi connectivity index (χ2v) is 5.47. The Hall–Kier alpha value is -2.05. The van der Waals surface area contributed by atoms with Crippen LogP contribution in [-0.2, 0) is 4.74 Å². The molecule has 0 unspecified atom stereocenters. The van der Waals surface area contributed by atoms with Gasteiger partial charge in [0.05, 0.1) is 19.4 Å². The molecule has 23 heavy (non-hydrogen) atoms. The molecule has 2 N–H and O–H groups in total. The third-order valence-corrected chi connectivity index (χ3v) is 3.59. The van der Waals surface area contributed by atoms with Gasteiger partial charge in [-0.05, 0) is 25.5 Å². The van der Waals surface area contributed by atoms with Crippen LogP contribution in [0.4, 0.5) is 17.5 Å². The van der Waals surface area contributed by atoms with E-state index < -0.39 is 0 Å². The van der Waals surface area contributed by atoms with E-state index in [4.69, 9.17) is 21.1 Å². The quantitative estimate of drug-likeness (QED) is 0.753. The highest BCUT2D eigenvalue weighted by atomic mass is 35.5. The number of nitrogens with one attached hydrogen (secondary N) is 2. The summed E-state index contributed by atoms with van der Waals surface area (Å²) in [5.74, 6) is 1.89. The van der Waals surface area contributed by atoms with Gasteiger partial charge >= 0.3 is 0 Å².